The number of nitrogens with zero attached hydrogens (tertiary/aromatic N) is 1. The second-order valence-corrected chi connectivity index (χ2v) is 4.29. The van der Waals surface area contributed by atoms with Crippen LogP contribution in [-0.4, -0.2) is 17.5 Å². The van der Waals surface area contributed by atoms with Crippen molar-refractivity contribution in [3.63, 3.8) is 0 Å². The van der Waals surface area contributed by atoms with Crippen LogP contribution in [0.2, 0.25) is 0 Å². The standard InChI is InChI=1S/C11H14ClNO/c1-14-11-4-2-3-9(13-11)7-10(12)8-5-6-8/h2-4,8,10H,5-7H2,1H3. The van der Waals surface area contributed by atoms with Crippen LogP contribution in [0.25, 0.3) is 0 Å². The Morgan fingerprint density at radius 3 is 3.00 bits per heavy atom. The zero-order valence-corrected chi connectivity index (χ0v) is 9.00. The van der Waals surface area contributed by atoms with E-state index in [0.717, 1.165) is 12.1 Å². The number of pyridine rings is 1. The van der Waals surface area contributed by atoms with Gasteiger partial charge in [0.2, 0.25) is 5.88 Å². The third-order valence-electron chi connectivity index (χ3n) is 2.53. The summed E-state index contributed by atoms with van der Waals surface area (Å²) in [7, 11) is 1.63. The van der Waals surface area contributed by atoms with E-state index in [1.165, 1.54) is 12.8 Å². The fourth-order valence-corrected chi connectivity index (χ4v) is 1.92. The van der Waals surface area contributed by atoms with Crippen molar-refractivity contribution >= 4 is 11.6 Å². The van der Waals surface area contributed by atoms with Gasteiger partial charge < -0.3 is 4.74 Å². The highest BCUT2D eigenvalue weighted by Gasteiger charge is 2.29. The summed E-state index contributed by atoms with van der Waals surface area (Å²) in [6, 6.07) is 5.81. The van der Waals surface area contributed by atoms with Crippen LogP contribution in [0, 0.1) is 5.92 Å². The fraction of sp³-hybridized carbons (Fsp3) is 0.545. The maximum absolute atomic E-state index is 6.23. The Labute approximate surface area is 89.3 Å². The number of aromatic nitrogens is 1. The Morgan fingerprint density at radius 2 is 2.36 bits per heavy atom. The zero-order valence-electron chi connectivity index (χ0n) is 8.24. The lowest BCUT2D eigenvalue weighted by Crippen LogP contribution is -2.07. The molecule has 1 unspecified atom stereocenters. The Morgan fingerprint density at radius 1 is 1.57 bits per heavy atom. The van der Waals surface area contributed by atoms with Crippen molar-refractivity contribution in [2.75, 3.05) is 7.11 Å². The summed E-state index contributed by atoms with van der Waals surface area (Å²) < 4.78 is 5.06. The van der Waals surface area contributed by atoms with Gasteiger partial charge in [0.1, 0.15) is 0 Å². The molecule has 1 aliphatic rings. The lowest BCUT2D eigenvalue weighted by Gasteiger charge is -2.07. The van der Waals surface area contributed by atoms with E-state index in [4.69, 9.17) is 16.3 Å². The molecule has 0 amide bonds. The second-order valence-electron chi connectivity index (χ2n) is 3.73. The van der Waals surface area contributed by atoms with E-state index in [1.54, 1.807) is 7.11 Å². The number of hydrogen-bond donors (Lipinski definition) is 0. The minimum atomic E-state index is 0.245. The number of hydrogen-bond acceptors (Lipinski definition) is 2. The van der Waals surface area contributed by atoms with Crippen LogP contribution in [0.15, 0.2) is 18.2 Å². The number of halogens is 1. The molecule has 76 valence electrons. The highest BCUT2D eigenvalue weighted by Crippen LogP contribution is 2.37. The topological polar surface area (TPSA) is 22.1 Å². The molecule has 1 fully saturated rings. The van der Waals surface area contributed by atoms with Gasteiger partial charge >= 0.3 is 0 Å². The molecular weight excluding hydrogens is 198 g/mol. The Balaban J connectivity index is 2.00. The molecule has 1 aliphatic carbocycles. The average Bonchev–Trinajstić information content (AvgIpc) is 3.01. The molecule has 1 aromatic rings. The SMILES string of the molecule is COc1cccc(CC(Cl)C2CC2)n1. The average molecular weight is 212 g/mol. The summed E-state index contributed by atoms with van der Waals surface area (Å²) in [5, 5.41) is 0.245. The molecule has 1 aromatic heterocycles. The smallest absolute Gasteiger partial charge is 0.213 e. The quantitative estimate of drug-likeness (QED) is 0.715. The van der Waals surface area contributed by atoms with Crippen LogP contribution in [0.4, 0.5) is 0 Å². The molecule has 2 rings (SSSR count). The third kappa shape index (κ3) is 2.38. The van der Waals surface area contributed by atoms with Crippen LogP contribution in [0.5, 0.6) is 5.88 Å². The summed E-state index contributed by atoms with van der Waals surface area (Å²) in [6.45, 7) is 0. The predicted molar refractivity (Wildman–Crippen MR) is 56.9 cm³/mol. The first kappa shape index (κ1) is 9.78. The highest BCUT2D eigenvalue weighted by atomic mass is 35.5. The van der Waals surface area contributed by atoms with Gasteiger partial charge in [-0.2, -0.15) is 0 Å². The van der Waals surface area contributed by atoms with Gasteiger partial charge in [-0.25, -0.2) is 4.98 Å². The highest BCUT2D eigenvalue weighted by molar-refractivity contribution is 6.21. The molecule has 1 saturated carbocycles. The summed E-state index contributed by atoms with van der Waals surface area (Å²) in [5.74, 6) is 1.38. The molecule has 0 bridgehead atoms. The molecule has 0 radical (unpaired) electrons. The van der Waals surface area contributed by atoms with Crippen molar-refractivity contribution in [1.82, 2.24) is 4.98 Å². The van der Waals surface area contributed by atoms with Gasteiger partial charge in [0.05, 0.1) is 7.11 Å². The second kappa shape index (κ2) is 4.18. The monoisotopic (exact) mass is 211 g/mol. The van der Waals surface area contributed by atoms with Gasteiger partial charge in [-0.1, -0.05) is 6.07 Å². The number of ether oxygens (including phenoxy) is 1. The minimum absolute atomic E-state index is 0.245. The molecule has 0 spiro atoms. The summed E-state index contributed by atoms with van der Waals surface area (Å²) in [5.41, 5.74) is 1.02. The lowest BCUT2D eigenvalue weighted by atomic mass is 10.1. The molecule has 1 heterocycles. The van der Waals surface area contributed by atoms with Crippen molar-refractivity contribution in [3.8, 4) is 5.88 Å². The molecule has 0 N–H and O–H groups in total. The van der Waals surface area contributed by atoms with Crippen LogP contribution in [0.1, 0.15) is 18.5 Å². The van der Waals surface area contributed by atoms with Gasteiger partial charge in [0, 0.05) is 23.6 Å². The van der Waals surface area contributed by atoms with E-state index in [-0.39, 0.29) is 5.38 Å². The van der Waals surface area contributed by atoms with Gasteiger partial charge in [-0.15, -0.1) is 11.6 Å². The molecule has 0 saturated heterocycles. The van der Waals surface area contributed by atoms with Gasteiger partial charge in [0.15, 0.2) is 0 Å². The number of rotatable bonds is 4. The molecule has 0 aromatic carbocycles. The molecule has 14 heavy (non-hydrogen) atoms. The van der Waals surface area contributed by atoms with Crippen molar-refractivity contribution in [3.05, 3.63) is 23.9 Å². The van der Waals surface area contributed by atoms with E-state index < -0.39 is 0 Å². The first-order valence-electron chi connectivity index (χ1n) is 4.93. The fourth-order valence-electron chi connectivity index (χ4n) is 1.51. The Kier molecular flexibility index (Phi) is 2.92. The number of alkyl halides is 1. The van der Waals surface area contributed by atoms with Crippen LogP contribution >= 0.6 is 11.6 Å². The Hall–Kier alpha value is -0.760. The van der Waals surface area contributed by atoms with Crippen molar-refractivity contribution in [2.45, 2.75) is 24.6 Å². The van der Waals surface area contributed by atoms with E-state index in [9.17, 15) is 0 Å². The maximum atomic E-state index is 6.23. The summed E-state index contributed by atoms with van der Waals surface area (Å²) in [4.78, 5) is 4.33. The van der Waals surface area contributed by atoms with Crippen LogP contribution in [-0.2, 0) is 6.42 Å². The normalized spacial score (nSPS) is 17.9. The van der Waals surface area contributed by atoms with Gasteiger partial charge in [0.25, 0.3) is 0 Å². The Bertz CT molecular complexity index is 312. The molecule has 2 nitrogen and oxygen atoms in total. The minimum Gasteiger partial charge on any atom is -0.481 e. The molecular formula is C11H14ClNO. The van der Waals surface area contributed by atoms with Gasteiger partial charge in [-0.3, -0.25) is 0 Å². The lowest BCUT2D eigenvalue weighted by molar-refractivity contribution is 0.396. The number of methoxy groups -OCH3 is 1. The maximum Gasteiger partial charge on any atom is 0.213 e. The van der Waals surface area contributed by atoms with Crippen molar-refractivity contribution in [2.24, 2.45) is 5.92 Å². The van der Waals surface area contributed by atoms with E-state index >= 15 is 0 Å². The van der Waals surface area contributed by atoms with E-state index in [0.29, 0.717) is 11.8 Å². The zero-order chi connectivity index (χ0) is 9.97. The van der Waals surface area contributed by atoms with Crippen LogP contribution < -0.4 is 4.74 Å². The van der Waals surface area contributed by atoms with Gasteiger partial charge in [-0.05, 0) is 24.8 Å². The third-order valence-corrected chi connectivity index (χ3v) is 3.04. The van der Waals surface area contributed by atoms with Crippen molar-refractivity contribution in [1.29, 1.82) is 0 Å². The summed E-state index contributed by atoms with van der Waals surface area (Å²) >= 11 is 6.23. The van der Waals surface area contributed by atoms with Crippen LogP contribution in [0.3, 0.4) is 0 Å². The molecule has 1 atom stereocenters. The first-order valence-corrected chi connectivity index (χ1v) is 5.37. The summed E-state index contributed by atoms with van der Waals surface area (Å²) in [6.07, 6.45) is 3.40. The van der Waals surface area contributed by atoms with Crippen molar-refractivity contribution < 1.29 is 4.74 Å². The van der Waals surface area contributed by atoms with E-state index in [1.807, 2.05) is 18.2 Å². The molecule has 0 aliphatic heterocycles. The largest absolute Gasteiger partial charge is 0.481 e. The molecule has 3 heteroatoms. The first-order chi connectivity index (χ1) is 6.79. The predicted octanol–water partition coefficient (Wildman–Crippen LogP) is 2.65. The van der Waals surface area contributed by atoms with E-state index in [2.05, 4.69) is 4.98 Å².